The van der Waals surface area contributed by atoms with Crippen LogP contribution in [0.15, 0.2) is 18.2 Å². The van der Waals surface area contributed by atoms with Crippen molar-refractivity contribution in [2.45, 2.75) is 26.3 Å². The van der Waals surface area contributed by atoms with Crippen LogP contribution in [0.25, 0.3) is 0 Å². The second kappa shape index (κ2) is 7.00. The van der Waals surface area contributed by atoms with Gasteiger partial charge < -0.3 is 15.8 Å². The van der Waals surface area contributed by atoms with E-state index in [0.717, 1.165) is 13.2 Å². The van der Waals surface area contributed by atoms with Crippen molar-refractivity contribution >= 4 is 17.6 Å². The Morgan fingerprint density at radius 3 is 2.60 bits per heavy atom. The molecule has 0 aliphatic rings. The largest absolute Gasteiger partial charge is 0.465 e. The lowest BCUT2D eigenvalue weighted by Gasteiger charge is -2.15. The first-order valence-corrected chi connectivity index (χ1v) is 6.28. The van der Waals surface area contributed by atoms with Crippen LogP contribution in [0.5, 0.6) is 0 Å². The molecule has 0 heterocycles. The number of anilines is 1. The van der Waals surface area contributed by atoms with Crippen molar-refractivity contribution in [1.29, 1.82) is 0 Å². The molecule has 0 radical (unpaired) electrons. The molecule has 0 bridgehead atoms. The number of esters is 1. The molecule has 0 aromatic heterocycles. The van der Waals surface area contributed by atoms with Gasteiger partial charge in [-0.25, -0.2) is 9.18 Å². The van der Waals surface area contributed by atoms with E-state index >= 15 is 0 Å². The number of hydrogen-bond donors (Lipinski definition) is 2. The Labute approximate surface area is 117 Å². The van der Waals surface area contributed by atoms with Crippen LogP contribution in [-0.4, -0.2) is 25.0 Å². The van der Waals surface area contributed by atoms with Gasteiger partial charge in [0.05, 0.1) is 12.7 Å². The minimum atomic E-state index is -0.794. The number of amides is 1. The summed E-state index contributed by atoms with van der Waals surface area (Å²) in [6, 6.07) is 3.46. The summed E-state index contributed by atoms with van der Waals surface area (Å²) < 4.78 is 17.9. The second-order valence-electron chi connectivity index (χ2n) is 4.85. The van der Waals surface area contributed by atoms with Crippen molar-refractivity contribution in [2.75, 3.05) is 12.4 Å². The number of hydrogen-bond acceptors (Lipinski definition) is 4. The van der Waals surface area contributed by atoms with E-state index in [2.05, 4.69) is 10.1 Å². The van der Waals surface area contributed by atoms with Crippen molar-refractivity contribution in [3.63, 3.8) is 0 Å². The van der Waals surface area contributed by atoms with Gasteiger partial charge in [0.15, 0.2) is 0 Å². The lowest BCUT2D eigenvalue weighted by Crippen LogP contribution is -2.31. The SMILES string of the molecule is COC(=O)c1cc(NC(=O)CC(N)C(C)C)ccc1F. The Kier molecular flexibility index (Phi) is 5.64. The molecule has 5 nitrogen and oxygen atoms in total. The molecule has 1 rings (SSSR count). The van der Waals surface area contributed by atoms with E-state index in [-0.39, 0.29) is 29.9 Å². The van der Waals surface area contributed by atoms with Gasteiger partial charge in [0.25, 0.3) is 0 Å². The molecule has 1 unspecified atom stereocenters. The van der Waals surface area contributed by atoms with Crippen LogP contribution in [-0.2, 0) is 9.53 Å². The van der Waals surface area contributed by atoms with Gasteiger partial charge in [-0.15, -0.1) is 0 Å². The van der Waals surface area contributed by atoms with Gasteiger partial charge in [0, 0.05) is 18.2 Å². The minimum Gasteiger partial charge on any atom is -0.465 e. The number of methoxy groups -OCH3 is 1. The van der Waals surface area contributed by atoms with Gasteiger partial charge in [-0.2, -0.15) is 0 Å². The highest BCUT2D eigenvalue weighted by Crippen LogP contribution is 2.16. The quantitative estimate of drug-likeness (QED) is 0.808. The monoisotopic (exact) mass is 282 g/mol. The molecular weight excluding hydrogens is 263 g/mol. The van der Waals surface area contributed by atoms with Crippen LogP contribution in [0.4, 0.5) is 10.1 Å². The molecule has 3 N–H and O–H groups in total. The molecule has 0 spiro atoms. The fraction of sp³-hybridized carbons (Fsp3) is 0.429. The van der Waals surface area contributed by atoms with E-state index in [9.17, 15) is 14.0 Å². The van der Waals surface area contributed by atoms with E-state index < -0.39 is 11.8 Å². The van der Waals surface area contributed by atoms with Crippen LogP contribution >= 0.6 is 0 Å². The zero-order valence-electron chi connectivity index (χ0n) is 11.8. The summed E-state index contributed by atoms with van der Waals surface area (Å²) in [5, 5.41) is 2.58. The van der Waals surface area contributed by atoms with Gasteiger partial charge in [-0.3, -0.25) is 4.79 Å². The zero-order chi connectivity index (χ0) is 15.3. The van der Waals surface area contributed by atoms with Crippen LogP contribution in [0.1, 0.15) is 30.6 Å². The van der Waals surface area contributed by atoms with E-state index in [1.165, 1.54) is 12.1 Å². The molecular formula is C14H19FN2O3. The number of nitrogens with two attached hydrogens (primary N) is 1. The van der Waals surface area contributed by atoms with Gasteiger partial charge in [-0.05, 0) is 24.1 Å². The molecule has 1 atom stereocenters. The highest BCUT2D eigenvalue weighted by atomic mass is 19.1. The third-order valence-corrected chi connectivity index (χ3v) is 2.93. The first kappa shape index (κ1) is 16.1. The van der Waals surface area contributed by atoms with Crippen LogP contribution in [0.2, 0.25) is 0 Å². The first-order chi connectivity index (χ1) is 9.35. The maximum Gasteiger partial charge on any atom is 0.340 e. The van der Waals surface area contributed by atoms with E-state index in [1.807, 2.05) is 13.8 Å². The number of ether oxygens (including phenoxy) is 1. The molecule has 110 valence electrons. The fourth-order valence-electron chi connectivity index (χ4n) is 1.53. The van der Waals surface area contributed by atoms with Gasteiger partial charge in [0.1, 0.15) is 5.82 Å². The van der Waals surface area contributed by atoms with E-state index in [0.29, 0.717) is 5.69 Å². The summed E-state index contributed by atoms with van der Waals surface area (Å²) in [7, 11) is 1.16. The minimum absolute atomic E-state index is 0.155. The zero-order valence-corrected chi connectivity index (χ0v) is 11.8. The first-order valence-electron chi connectivity index (χ1n) is 6.28. The van der Waals surface area contributed by atoms with Gasteiger partial charge in [0.2, 0.25) is 5.91 Å². The second-order valence-corrected chi connectivity index (χ2v) is 4.85. The molecule has 0 aliphatic heterocycles. The van der Waals surface area contributed by atoms with Crippen molar-refractivity contribution in [1.82, 2.24) is 0 Å². The average molecular weight is 282 g/mol. The summed E-state index contributed by atoms with van der Waals surface area (Å²) in [4.78, 5) is 23.1. The number of carbonyl (C=O) groups is 2. The number of nitrogens with one attached hydrogen (secondary N) is 1. The van der Waals surface area contributed by atoms with E-state index in [1.54, 1.807) is 0 Å². The van der Waals surface area contributed by atoms with Gasteiger partial charge in [-0.1, -0.05) is 13.8 Å². The Hall–Kier alpha value is -1.95. The Morgan fingerprint density at radius 1 is 1.40 bits per heavy atom. The summed E-state index contributed by atoms with van der Waals surface area (Å²) >= 11 is 0. The van der Waals surface area contributed by atoms with Crippen LogP contribution in [0.3, 0.4) is 0 Å². The summed E-state index contributed by atoms with van der Waals surface area (Å²) in [6.07, 6.45) is 0.155. The Balaban J connectivity index is 2.78. The van der Waals surface area contributed by atoms with E-state index in [4.69, 9.17) is 5.73 Å². The van der Waals surface area contributed by atoms with Gasteiger partial charge >= 0.3 is 5.97 Å². The molecule has 0 saturated carbocycles. The predicted octanol–water partition coefficient (Wildman–Crippen LogP) is 1.92. The normalized spacial score (nSPS) is 12.1. The maximum absolute atomic E-state index is 13.4. The fourth-order valence-corrected chi connectivity index (χ4v) is 1.53. The highest BCUT2D eigenvalue weighted by Gasteiger charge is 2.16. The molecule has 0 aliphatic carbocycles. The number of benzene rings is 1. The number of halogens is 1. The number of rotatable bonds is 5. The molecule has 1 aromatic carbocycles. The number of carbonyl (C=O) groups excluding carboxylic acids is 2. The molecule has 0 saturated heterocycles. The van der Waals surface area contributed by atoms with Crippen LogP contribution in [0, 0.1) is 11.7 Å². The standard InChI is InChI=1S/C14H19FN2O3/c1-8(2)12(16)7-13(18)17-9-4-5-11(15)10(6-9)14(19)20-3/h4-6,8,12H,7,16H2,1-3H3,(H,17,18). The Bertz CT molecular complexity index is 503. The summed E-state index contributed by atoms with van der Waals surface area (Å²) in [6.45, 7) is 3.84. The van der Waals surface area contributed by atoms with Crippen molar-refractivity contribution < 1.29 is 18.7 Å². The lowest BCUT2D eigenvalue weighted by atomic mass is 10.0. The third kappa shape index (κ3) is 4.31. The molecule has 1 amide bonds. The highest BCUT2D eigenvalue weighted by molar-refractivity contribution is 5.94. The maximum atomic E-state index is 13.4. The van der Waals surface area contributed by atoms with Crippen molar-refractivity contribution in [3.8, 4) is 0 Å². The summed E-state index contributed by atoms with van der Waals surface area (Å²) in [5.74, 6) is -1.60. The smallest absolute Gasteiger partial charge is 0.340 e. The molecule has 20 heavy (non-hydrogen) atoms. The molecule has 0 fully saturated rings. The summed E-state index contributed by atoms with van der Waals surface area (Å²) in [5.41, 5.74) is 5.90. The molecule has 6 heteroatoms. The lowest BCUT2D eigenvalue weighted by molar-refractivity contribution is -0.116. The molecule has 1 aromatic rings. The Morgan fingerprint density at radius 2 is 2.05 bits per heavy atom. The average Bonchev–Trinajstić information content (AvgIpc) is 2.39. The van der Waals surface area contributed by atoms with Crippen molar-refractivity contribution in [3.05, 3.63) is 29.6 Å². The topological polar surface area (TPSA) is 81.4 Å². The van der Waals surface area contributed by atoms with Crippen LogP contribution < -0.4 is 11.1 Å². The van der Waals surface area contributed by atoms with Crippen molar-refractivity contribution in [2.24, 2.45) is 11.7 Å². The third-order valence-electron chi connectivity index (χ3n) is 2.93. The predicted molar refractivity (Wildman–Crippen MR) is 73.8 cm³/mol.